The normalized spacial score (nSPS) is 10.5. The maximum absolute atomic E-state index is 11.8. The van der Waals surface area contributed by atoms with E-state index in [9.17, 15) is 9.59 Å². The minimum Gasteiger partial charge on any atom is -0.456 e. The predicted molar refractivity (Wildman–Crippen MR) is 77.2 cm³/mol. The van der Waals surface area contributed by atoms with Gasteiger partial charge in [0.25, 0.3) is 5.91 Å². The lowest BCUT2D eigenvalue weighted by atomic mass is 10.3. The summed E-state index contributed by atoms with van der Waals surface area (Å²) in [7, 11) is 0. The Labute approximate surface area is 120 Å². The first-order chi connectivity index (χ1) is 9.58. The van der Waals surface area contributed by atoms with E-state index < -0.39 is 0 Å². The SMILES string of the molecule is CCc1csc(CCNC(=O)c2cc(=O)cc(C)o2)n1. The van der Waals surface area contributed by atoms with Crippen LogP contribution in [0, 0.1) is 6.92 Å². The predicted octanol–water partition coefficient (Wildman–Crippen LogP) is 1.94. The molecule has 0 atom stereocenters. The van der Waals surface area contributed by atoms with Crippen LogP contribution in [0.25, 0.3) is 0 Å². The summed E-state index contributed by atoms with van der Waals surface area (Å²) in [6, 6.07) is 2.54. The third kappa shape index (κ3) is 3.77. The lowest BCUT2D eigenvalue weighted by Crippen LogP contribution is -2.26. The van der Waals surface area contributed by atoms with Gasteiger partial charge in [0.2, 0.25) is 0 Å². The van der Waals surface area contributed by atoms with Gasteiger partial charge in [0.15, 0.2) is 11.2 Å². The van der Waals surface area contributed by atoms with E-state index in [1.54, 1.807) is 18.3 Å². The fourth-order valence-electron chi connectivity index (χ4n) is 1.71. The first kappa shape index (κ1) is 14.5. The number of aryl methyl sites for hydroxylation is 2. The van der Waals surface area contributed by atoms with Crippen LogP contribution in [-0.4, -0.2) is 17.4 Å². The summed E-state index contributed by atoms with van der Waals surface area (Å²) >= 11 is 1.59. The Hall–Kier alpha value is -1.95. The van der Waals surface area contributed by atoms with Crippen molar-refractivity contribution in [3.05, 3.63) is 50.0 Å². The molecule has 0 spiro atoms. The summed E-state index contributed by atoms with van der Waals surface area (Å²) in [6.07, 6.45) is 1.59. The quantitative estimate of drug-likeness (QED) is 0.914. The molecule has 0 bridgehead atoms. The lowest BCUT2D eigenvalue weighted by Gasteiger charge is -2.03. The van der Waals surface area contributed by atoms with Crippen LogP contribution in [0.1, 0.15) is 33.9 Å². The van der Waals surface area contributed by atoms with E-state index in [0.29, 0.717) is 18.7 Å². The molecule has 0 unspecified atom stereocenters. The molecule has 5 nitrogen and oxygen atoms in total. The van der Waals surface area contributed by atoms with Gasteiger partial charge >= 0.3 is 0 Å². The first-order valence-corrected chi connectivity index (χ1v) is 7.29. The number of hydrogen-bond donors (Lipinski definition) is 1. The summed E-state index contributed by atoms with van der Waals surface area (Å²) in [6.45, 7) is 4.16. The van der Waals surface area contributed by atoms with Gasteiger partial charge in [-0.3, -0.25) is 9.59 Å². The molecule has 20 heavy (non-hydrogen) atoms. The first-order valence-electron chi connectivity index (χ1n) is 6.41. The minimum atomic E-state index is -0.377. The molecule has 0 aliphatic heterocycles. The van der Waals surface area contributed by atoms with Crippen molar-refractivity contribution in [1.29, 1.82) is 0 Å². The van der Waals surface area contributed by atoms with Crippen molar-refractivity contribution in [1.82, 2.24) is 10.3 Å². The van der Waals surface area contributed by atoms with Gasteiger partial charge in [0.05, 0.1) is 10.7 Å². The number of carbonyl (C=O) groups is 1. The van der Waals surface area contributed by atoms with E-state index in [4.69, 9.17) is 4.42 Å². The monoisotopic (exact) mass is 292 g/mol. The van der Waals surface area contributed by atoms with Gasteiger partial charge in [-0.05, 0) is 13.3 Å². The van der Waals surface area contributed by atoms with Crippen LogP contribution < -0.4 is 10.7 Å². The van der Waals surface area contributed by atoms with Crippen molar-refractivity contribution in [2.75, 3.05) is 6.54 Å². The highest BCUT2D eigenvalue weighted by atomic mass is 32.1. The Morgan fingerprint density at radius 2 is 2.25 bits per heavy atom. The van der Waals surface area contributed by atoms with Gasteiger partial charge in [0, 0.05) is 30.5 Å². The molecule has 2 rings (SSSR count). The van der Waals surface area contributed by atoms with E-state index in [-0.39, 0.29) is 17.1 Å². The summed E-state index contributed by atoms with van der Waals surface area (Å²) in [5.74, 6) is 0.0941. The van der Waals surface area contributed by atoms with Crippen molar-refractivity contribution in [3.63, 3.8) is 0 Å². The van der Waals surface area contributed by atoms with Crippen molar-refractivity contribution in [2.24, 2.45) is 0 Å². The zero-order valence-electron chi connectivity index (χ0n) is 11.4. The van der Waals surface area contributed by atoms with Gasteiger partial charge in [-0.2, -0.15) is 0 Å². The van der Waals surface area contributed by atoms with Crippen LogP contribution in [0.2, 0.25) is 0 Å². The van der Waals surface area contributed by atoms with Gasteiger partial charge in [-0.25, -0.2) is 4.98 Å². The zero-order valence-corrected chi connectivity index (χ0v) is 12.3. The number of aromatic nitrogens is 1. The molecule has 0 aliphatic carbocycles. The van der Waals surface area contributed by atoms with Gasteiger partial charge in [-0.15, -0.1) is 11.3 Å². The number of nitrogens with one attached hydrogen (secondary N) is 1. The fourth-order valence-corrected chi connectivity index (χ4v) is 2.59. The third-order valence-electron chi connectivity index (χ3n) is 2.70. The Bertz CT molecular complexity index is 660. The maximum atomic E-state index is 11.8. The second-order valence-electron chi connectivity index (χ2n) is 4.36. The molecule has 0 aliphatic rings. The Morgan fingerprint density at radius 3 is 2.90 bits per heavy atom. The van der Waals surface area contributed by atoms with Crippen molar-refractivity contribution >= 4 is 17.2 Å². The summed E-state index contributed by atoms with van der Waals surface area (Å²) in [5.41, 5.74) is 0.840. The van der Waals surface area contributed by atoms with E-state index in [0.717, 1.165) is 17.1 Å². The number of amides is 1. The maximum Gasteiger partial charge on any atom is 0.287 e. The van der Waals surface area contributed by atoms with Gasteiger partial charge in [0.1, 0.15) is 5.76 Å². The Balaban J connectivity index is 1.90. The van der Waals surface area contributed by atoms with Crippen LogP contribution in [-0.2, 0) is 12.8 Å². The lowest BCUT2D eigenvalue weighted by molar-refractivity contribution is 0.0922. The average Bonchev–Trinajstić information content (AvgIpc) is 2.85. The molecule has 2 aromatic heterocycles. The highest BCUT2D eigenvalue weighted by Crippen LogP contribution is 2.10. The molecular weight excluding hydrogens is 276 g/mol. The zero-order chi connectivity index (χ0) is 14.5. The third-order valence-corrected chi connectivity index (χ3v) is 3.66. The highest BCUT2D eigenvalue weighted by molar-refractivity contribution is 7.09. The van der Waals surface area contributed by atoms with Gasteiger partial charge in [-0.1, -0.05) is 6.92 Å². The standard InChI is InChI=1S/C14H16N2O3S/c1-3-10-8-20-13(16-10)4-5-15-14(18)12-7-11(17)6-9(2)19-12/h6-8H,3-5H2,1-2H3,(H,15,18). The smallest absolute Gasteiger partial charge is 0.287 e. The summed E-state index contributed by atoms with van der Waals surface area (Å²) in [4.78, 5) is 27.6. The molecule has 0 fully saturated rings. The molecule has 0 saturated heterocycles. The number of hydrogen-bond acceptors (Lipinski definition) is 5. The number of nitrogens with zero attached hydrogens (tertiary/aromatic N) is 1. The van der Waals surface area contributed by atoms with E-state index in [1.807, 2.05) is 5.38 Å². The van der Waals surface area contributed by atoms with Crippen molar-refractivity contribution in [3.8, 4) is 0 Å². The average molecular weight is 292 g/mol. The molecule has 1 amide bonds. The molecule has 1 N–H and O–H groups in total. The van der Waals surface area contributed by atoms with Crippen LogP contribution in [0.5, 0.6) is 0 Å². The minimum absolute atomic E-state index is 0.0448. The molecule has 0 saturated carbocycles. The molecule has 0 aromatic carbocycles. The van der Waals surface area contributed by atoms with Crippen LogP contribution in [0.4, 0.5) is 0 Å². The molecular formula is C14H16N2O3S. The van der Waals surface area contributed by atoms with Crippen molar-refractivity contribution < 1.29 is 9.21 Å². The van der Waals surface area contributed by atoms with Crippen LogP contribution >= 0.6 is 11.3 Å². The van der Waals surface area contributed by atoms with Gasteiger partial charge < -0.3 is 9.73 Å². The second-order valence-corrected chi connectivity index (χ2v) is 5.30. The molecule has 106 valence electrons. The summed E-state index contributed by atoms with van der Waals surface area (Å²) < 4.78 is 5.22. The summed E-state index contributed by atoms with van der Waals surface area (Å²) in [5, 5.41) is 5.74. The Kier molecular flexibility index (Phi) is 4.68. The van der Waals surface area contributed by atoms with Crippen LogP contribution in [0.3, 0.4) is 0 Å². The molecule has 6 heteroatoms. The fraction of sp³-hybridized carbons (Fsp3) is 0.357. The second kappa shape index (κ2) is 6.47. The number of thiazole rings is 1. The molecule has 2 heterocycles. The van der Waals surface area contributed by atoms with E-state index in [2.05, 4.69) is 17.2 Å². The van der Waals surface area contributed by atoms with Crippen LogP contribution in [0.15, 0.2) is 26.7 Å². The van der Waals surface area contributed by atoms with E-state index >= 15 is 0 Å². The Morgan fingerprint density at radius 1 is 1.45 bits per heavy atom. The highest BCUT2D eigenvalue weighted by Gasteiger charge is 2.10. The number of rotatable bonds is 5. The van der Waals surface area contributed by atoms with Crippen molar-refractivity contribution in [2.45, 2.75) is 26.7 Å². The molecule has 0 radical (unpaired) electrons. The largest absolute Gasteiger partial charge is 0.456 e. The molecule has 2 aromatic rings. The topological polar surface area (TPSA) is 72.2 Å². The van der Waals surface area contributed by atoms with E-state index in [1.165, 1.54) is 12.1 Å². The number of carbonyl (C=O) groups excluding carboxylic acids is 1.